The molecule has 6 heteroatoms. The van der Waals surface area contributed by atoms with E-state index >= 15 is 0 Å². The molecule has 1 aromatic carbocycles. The molecule has 110 valence electrons. The first-order chi connectivity index (χ1) is 10.1. The second-order valence-electron chi connectivity index (χ2n) is 4.26. The van der Waals surface area contributed by atoms with Crippen LogP contribution >= 0.6 is 22.9 Å². The van der Waals surface area contributed by atoms with E-state index in [1.165, 1.54) is 11.3 Å². The van der Waals surface area contributed by atoms with Crippen LogP contribution in [0, 0.1) is 6.92 Å². The predicted molar refractivity (Wildman–Crippen MR) is 85.2 cm³/mol. The SMILES string of the molecule is C=CCNC(=O)c1sc(COc2ccc(Cl)cc2)nc1C. The summed E-state index contributed by atoms with van der Waals surface area (Å²) < 4.78 is 5.62. The third kappa shape index (κ3) is 4.31. The van der Waals surface area contributed by atoms with Crippen LogP contribution in [0.3, 0.4) is 0 Å². The Labute approximate surface area is 132 Å². The van der Waals surface area contributed by atoms with Gasteiger partial charge >= 0.3 is 0 Å². The number of amides is 1. The number of rotatable bonds is 6. The molecule has 0 saturated carbocycles. The smallest absolute Gasteiger partial charge is 0.263 e. The fourth-order valence-electron chi connectivity index (χ4n) is 1.65. The van der Waals surface area contributed by atoms with Gasteiger partial charge in [-0.05, 0) is 31.2 Å². The number of hydrogen-bond acceptors (Lipinski definition) is 4. The van der Waals surface area contributed by atoms with E-state index in [1.807, 2.05) is 6.92 Å². The van der Waals surface area contributed by atoms with Gasteiger partial charge in [-0.15, -0.1) is 17.9 Å². The summed E-state index contributed by atoms with van der Waals surface area (Å²) in [4.78, 5) is 16.9. The maximum atomic E-state index is 11.9. The lowest BCUT2D eigenvalue weighted by atomic mass is 10.3. The van der Waals surface area contributed by atoms with E-state index < -0.39 is 0 Å². The van der Waals surface area contributed by atoms with Gasteiger partial charge in [-0.3, -0.25) is 4.79 Å². The van der Waals surface area contributed by atoms with Gasteiger partial charge in [-0.25, -0.2) is 4.98 Å². The minimum atomic E-state index is -0.136. The normalized spacial score (nSPS) is 10.2. The van der Waals surface area contributed by atoms with Gasteiger partial charge < -0.3 is 10.1 Å². The topological polar surface area (TPSA) is 51.2 Å². The molecular formula is C15H15ClN2O2S. The van der Waals surface area contributed by atoms with Crippen LogP contribution < -0.4 is 10.1 Å². The van der Waals surface area contributed by atoms with Gasteiger partial charge in [0.2, 0.25) is 0 Å². The lowest BCUT2D eigenvalue weighted by Crippen LogP contribution is -2.22. The number of benzene rings is 1. The van der Waals surface area contributed by atoms with Gasteiger partial charge in [0, 0.05) is 11.6 Å². The average Bonchev–Trinajstić information content (AvgIpc) is 2.85. The number of thiazole rings is 1. The number of nitrogens with one attached hydrogen (secondary N) is 1. The fourth-order valence-corrected chi connectivity index (χ4v) is 2.67. The van der Waals surface area contributed by atoms with Crippen molar-refractivity contribution in [2.75, 3.05) is 6.54 Å². The lowest BCUT2D eigenvalue weighted by molar-refractivity contribution is 0.0961. The number of carbonyl (C=O) groups excluding carboxylic acids is 1. The Bertz CT molecular complexity index is 638. The van der Waals surface area contributed by atoms with E-state index in [-0.39, 0.29) is 5.91 Å². The number of aromatic nitrogens is 1. The van der Waals surface area contributed by atoms with Crippen molar-refractivity contribution >= 4 is 28.8 Å². The number of halogens is 1. The van der Waals surface area contributed by atoms with E-state index in [9.17, 15) is 4.79 Å². The molecule has 1 aromatic heterocycles. The molecule has 0 radical (unpaired) electrons. The van der Waals surface area contributed by atoms with Gasteiger partial charge in [-0.2, -0.15) is 0 Å². The molecule has 0 aliphatic heterocycles. The van der Waals surface area contributed by atoms with Crippen LogP contribution in [-0.2, 0) is 6.61 Å². The molecule has 0 atom stereocenters. The Morgan fingerprint density at radius 3 is 2.86 bits per heavy atom. The van der Waals surface area contributed by atoms with Gasteiger partial charge in [0.05, 0.1) is 5.69 Å². The summed E-state index contributed by atoms with van der Waals surface area (Å²) >= 11 is 7.14. The van der Waals surface area contributed by atoms with Crippen LogP contribution in [0.2, 0.25) is 5.02 Å². The van der Waals surface area contributed by atoms with E-state index in [2.05, 4.69) is 16.9 Å². The van der Waals surface area contributed by atoms with Gasteiger partial charge in [0.15, 0.2) is 0 Å². The molecule has 1 heterocycles. The van der Waals surface area contributed by atoms with Crippen molar-refractivity contribution in [3.8, 4) is 5.75 Å². The van der Waals surface area contributed by atoms with Crippen molar-refractivity contribution in [1.82, 2.24) is 10.3 Å². The molecule has 1 amide bonds. The molecule has 0 aliphatic carbocycles. The summed E-state index contributed by atoms with van der Waals surface area (Å²) in [6, 6.07) is 7.11. The zero-order chi connectivity index (χ0) is 15.2. The number of nitrogens with zero attached hydrogens (tertiary/aromatic N) is 1. The van der Waals surface area contributed by atoms with Crippen LogP contribution in [0.25, 0.3) is 0 Å². The third-order valence-corrected chi connectivity index (χ3v) is 4.01. The zero-order valence-corrected chi connectivity index (χ0v) is 13.1. The van der Waals surface area contributed by atoms with E-state index in [0.29, 0.717) is 34.5 Å². The summed E-state index contributed by atoms with van der Waals surface area (Å²) in [5.41, 5.74) is 0.705. The molecule has 21 heavy (non-hydrogen) atoms. The molecule has 1 N–H and O–H groups in total. The zero-order valence-electron chi connectivity index (χ0n) is 11.6. The largest absolute Gasteiger partial charge is 0.486 e. The van der Waals surface area contributed by atoms with Gasteiger partial charge in [-0.1, -0.05) is 17.7 Å². The first-order valence-electron chi connectivity index (χ1n) is 6.34. The van der Waals surface area contributed by atoms with Crippen molar-refractivity contribution in [3.05, 3.63) is 57.5 Å². The first kappa shape index (κ1) is 15.5. The Morgan fingerprint density at radius 2 is 2.19 bits per heavy atom. The molecule has 0 fully saturated rings. The highest BCUT2D eigenvalue weighted by atomic mass is 35.5. The number of carbonyl (C=O) groups is 1. The lowest BCUT2D eigenvalue weighted by Gasteiger charge is -2.03. The third-order valence-electron chi connectivity index (χ3n) is 2.63. The van der Waals surface area contributed by atoms with Crippen LogP contribution in [0.5, 0.6) is 5.75 Å². The minimum absolute atomic E-state index is 0.136. The van der Waals surface area contributed by atoms with Crippen LogP contribution in [-0.4, -0.2) is 17.4 Å². The van der Waals surface area contributed by atoms with Crippen molar-refractivity contribution in [1.29, 1.82) is 0 Å². The van der Waals surface area contributed by atoms with Crippen LogP contribution in [0.15, 0.2) is 36.9 Å². The first-order valence-corrected chi connectivity index (χ1v) is 7.53. The molecule has 2 aromatic rings. The predicted octanol–water partition coefficient (Wildman–Crippen LogP) is 3.60. The highest BCUT2D eigenvalue weighted by Gasteiger charge is 2.14. The molecule has 0 bridgehead atoms. The highest BCUT2D eigenvalue weighted by Crippen LogP contribution is 2.21. The van der Waals surface area contributed by atoms with Crippen LogP contribution in [0.1, 0.15) is 20.4 Å². The van der Waals surface area contributed by atoms with Crippen LogP contribution in [0.4, 0.5) is 0 Å². The van der Waals surface area contributed by atoms with Crippen molar-refractivity contribution in [3.63, 3.8) is 0 Å². The Balaban J connectivity index is 1.99. The minimum Gasteiger partial charge on any atom is -0.486 e. The van der Waals surface area contributed by atoms with Gasteiger partial charge in [0.25, 0.3) is 5.91 Å². The molecule has 0 spiro atoms. The maximum Gasteiger partial charge on any atom is 0.263 e. The van der Waals surface area contributed by atoms with E-state index in [0.717, 1.165) is 5.01 Å². The summed E-state index contributed by atoms with van der Waals surface area (Å²) in [5.74, 6) is 0.576. The Morgan fingerprint density at radius 1 is 1.48 bits per heavy atom. The molecular weight excluding hydrogens is 308 g/mol. The van der Waals surface area contributed by atoms with E-state index in [1.54, 1.807) is 30.3 Å². The summed E-state index contributed by atoms with van der Waals surface area (Å²) in [6.07, 6.45) is 1.64. The second kappa shape index (κ2) is 7.24. The standard InChI is InChI=1S/C15H15ClN2O2S/c1-3-8-17-15(19)14-10(2)18-13(21-14)9-20-12-6-4-11(16)5-7-12/h3-7H,1,8-9H2,2H3,(H,17,19). The molecule has 2 rings (SSSR count). The van der Waals surface area contributed by atoms with Gasteiger partial charge in [0.1, 0.15) is 22.2 Å². The Kier molecular flexibility index (Phi) is 5.36. The van der Waals surface area contributed by atoms with Crippen molar-refractivity contribution in [2.24, 2.45) is 0 Å². The summed E-state index contributed by atoms with van der Waals surface area (Å²) in [7, 11) is 0. The van der Waals surface area contributed by atoms with Crippen molar-refractivity contribution < 1.29 is 9.53 Å². The maximum absolute atomic E-state index is 11.9. The van der Waals surface area contributed by atoms with Crippen molar-refractivity contribution in [2.45, 2.75) is 13.5 Å². The molecule has 4 nitrogen and oxygen atoms in total. The molecule has 0 aliphatic rings. The molecule has 0 unspecified atom stereocenters. The number of aryl methyl sites for hydroxylation is 1. The monoisotopic (exact) mass is 322 g/mol. The number of hydrogen-bond donors (Lipinski definition) is 1. The Hall–Kier alpha value is -1.85. The summed E-state index contributed by atoms with van der Waals surface area (Å²) in [6.45, 7) is 6.14. The molecule has 0 saturated heterocycles. The summed E-state index contributed by atoms with van der Waals surface area (Å²) in [5, 5.41) is 4.16. The second-order valence-corrected chi connectivity index (χ2v) is 5.78. The highest BCUT2D eigenvalue weighted by molar-refractivity contribution is 7.13. The quantitative estimate of drug-likeness (QED) is 0.827. The fraction of sp³-hybridized carbons (Fsp3) is 0.200. The number of ether oxygens (including phenoxy) is 1. The average molecular weight is 323 g/mol. The van der Waals surface area contributed by atoms with E-state index in [4.69, 9.17) is 16.3 Å².